The lowest BCUT2D eigenvalue weighted by molar-refractivity contribution is -0.161. The first-order valence-electron chi connectivity index (χ1n) is 22.0. The average Bonchev–Trinajstić information content (AvgIpc) is 3.17. The van der Waals surface area contributed by atoms with Crippen LogP contribution in [0, 0.1) is 0 Å². The highest BCUT2D eigenvalue weighted by atomic mass is 31.2. The lowest BCUT2D eigenvalue weighted by Crippen LogP contribution is -2.34. The number of carbonyl (C=O) groups is 3. The van der Waals surface area contributed by atoms with Gasteiger partial charge < -0.3 is 25.2 Å². The van der Waals surface area contributed by atoms with Crippen LogP contribution in [0.2, 0.25) is 0 Å². The van der Waals surface area contributed by atoms with Crippen LogP contribution >= 0.6 is 7.82 Å². The first-order chi connectivity index (χ1) is 27.1. The Morgan fingerprint density at radius 3 is 1.45 bits per heavy atom. The molecule has 0 rings (SSSR count). The number of carboxylic acid groups (broad SMARTS) is 1. The van der Waals surface area contributed by atoms with Crippen molar-refractivity contribution in [3.05, 3.63) is 36.5 Å². The minimum atomic E-state index is -4.72. The molecule has 3 atom stereocenters. The summed E-state index contributed by atoms with van der Waals surface area (Å²) in [6.45, 7) is 2.76. The van der Waals surface area contributed by atoms with E-state index in [9.17, 15) is 23.8 Å². The van der Waals surface area contributed by atoms with Crippen LogP contribution in [0.15, 0.2) is 36.5 Å². The highest BCUT2D eigenvalue weighted by Crippen LogP contribution is 2.43. The SMILES string of the molecule is CCCCC/C=C\C/C=C\CCCCCCCC(=O)OC(COC(=O)CCCCCCCCC/C=C\CCCCCCCC)COP(=O)(O)OCC(N)C(=O)O. The van der Waals surface area contributed by atoms with E-state index in [2.05, 4.69) is 54.8 Å². The van der Waals surface area contributed by atoms with Crippen molar-refractivity contribution in [1.82, 2.24) is 0 Å². The molecule has 326 valence electrons. The molecule has 0 saturated heterocycles. The maximum Gasteiger partial charge on any atom is 0.472 e. The number of hydrogen-bond acceptors (Lipinski definition) is 9. The number of ether oxygens (including phenoxy) is 2. The second-order valence-electron chi connectivity index (χ2n) is 14.8. The first kappa shape index (κ1) is 53.7. The van der Waals surface area contributed by atoms with E-state index < -0.39 is 51.1 Å². The van der Waals surface area contributed by atoms with E-state index in [1.54, 1.807) is 0 Å². The van der Waals surface area contributed by atoms with Crippen molar-refractivity contribution in [3.8, 4) is 0 Å². The lowest BCUT2D eigenvalue weighted by Gasteiger charge is -2.20. The normalized spacial score (nSPS) is 14.1. The van der Waals surface area contributed by atoms with Crippen LogP contribution in [-0.2, 0) is 37.5 Å². The minimum absolute atomic E-state index is 0.144. The van der Waals surface area contributed by atoms with Gasteiger partial charge in [0.05, 0.1) is 13.2 Å². The summed E-state index contributed by atoms with van der Waals surface area (Å²) in [5.74, 6) is -2.40. The second-order valence-corrected chi connectivity index (χ2v) is 16.3. The standard InChI is InChI=1S/C44H80NO10P/c1-3-5-7-9-11-13-15-17-19-20-22-23-25-27-29-31-33-35-42(46)52-37-40(38-53-56(50,51)54-39-41(45)44(48)49)55-43(47)36-34-32-30-28-26-24-21-18-16-14-12-10-8-6-4-2/h12,14,17-19,21,40-41H,3-11,13,15-16,20,22-39,45H2,1-2H3,(H,48,49)(H,50,51)/b14-12-,19-17-,21-18-. The van der Waals surface area contributed by atoms with E-state index >= 15 is 0 Å². The zero-order valence-electron chi connectivity index (χ0n) is 35.2. The number of carbonyl (C=O) groups excluding carboxylic acids is 2. The molecular formula is C44H80NO10P. The van der Waals surface area contributed by atoms with Gasteiger partial charge in [0.25, 0.3) is 0 Å². The summed E-state index contributed by atoms with van der Waals surface area (Å²) in [4.78, 5) is 45.9. The van der Waals surface area contributed by atoms with Crippen molar-refractivity contribution in [2.24, 2.45) is 5.73 Å². The van der Waals surface area contributed by atoms with E-state index in [1.807, 2.05) is 0 Å². The highest BCUT2D eigenvalue weighted by molar-refractivity contribution is 7.47. The van der Waals surface area contributed by atoms with Crippen LogP contribution in [-0.4, -0.2) is 59.9 Å². The van der Waals surface area contributed by atoms with E-state index in [0.29, 0.717) is 12.8 Å². The third kappa shape index (κ3) is 38.6. The molecule has 0 aliphatic heterocycles. The van der Waals surface area contributed by atoms with Crippen LogP contribution in [0.25, 0.3) is 0 Å². The van der Waals surface area contributed by atoms with Crippen molar-refractivity contribution in [2.75, 3.05) is 19.8 Å². The minimum Gasteiger partial charge on any atom is -0.480 e. The molecule has 11 nitrogen and oxygen atoms in total. The number of allylic oxidation sites excluding steroid dienone is 6. The number of aliphatic carboxylic acids is 1. The molecule has 56 heavy (non-hydrogen) atoms. The van der Waals surface area contributed by atoms with Crippen LogP contribution in [0.3, 0.4) is 0 Å². The fourth-order valence-corrected chi connectivity index (χ4v) is 6.63. The molecule has 0 spiro atoms. The average molecular weight is 814 g/mol. The van der Waals surface area contributed by atoms with Crippen molar-refractivity contribution < 1.29 is 47.5 Å². The summed E-state index contributed by atoms with van der Waals surface area (Å²) in [5.41, 5.74) is 5.33. The Hall–Kier alpha value is -2.30. The van der Waals surface area contributed by atoms with Gasteiger partial charge in [-0.05, 0) is 70.6 Å². The van der Waals surface area contributed by atoms with E-state index in [1.165, 1.54) is 83.5 Å². The molecule has 0 aromatic carbocycles. The summed E-state index contributed by atoms with van der Waals surface area (Å²) in [5, 5.41) is 8.89. The molecule has 0 radical (unpaired) electrons. The van der Waals surface area contributed by atoms with Crippen LogP contribution in [0.1, 0.15) is 194 Å². The topological polar surface area (TPSA) is 172 Å². The molecule has 4 N–H and O–H groups in total. The summed E-state index contributed by atoms with van der Waals surface area (Å²) in [6, 6.07) is -1.52. The number of unbranched alkanes of at least 4 members (excludes halogenated alkanes) is 21. The Labute approximate surface area is 340 Å². The van der Waals surface area contributed by atoms with Crippen molar-refractivity contribution >= 4 is 25.7 Å². The zero-order chi connectivity index (χ0) is 41.4. The van der Waals surface area contributed by atoms with E-state index in [0.717, 1.165) is 70.6 Å². The number of esters is 2. The van der Waals surface area contributed by atoms with Crippen LogP contribution in [0.5, 0.6) is 0 Å². The molecule has 0 aromatic rings. The van der Waals surface area contributed by atoms with Gasteiger partial charge in [0.2, 0.25) is 0 Å². The summed E-state index contributed by atoms with van der Waals surface area (Å²) in [6.07, 6.45) is 42.0. The molecule has 0 fully saturated rings. The number of phosphoric acid groups is 1. The molecule has 3 unspecified atom stereocenters. The first-order valence-corrected chi connectivity index (χ1v) is 23.5. The van der Waals surface area contributed by atoms with Gasteiger partial charge in [0, 0.05) is 12.8 Å². The molecule has 0 heterocycles. The molecule has 0 bridgehead atoms. The quantitative estimate of drug-likeness (QED) is 0.0232. The molecule has 0 aliphatic rings. The van der Waals surface area contributed by atoms with Crippen molar-refractivity contribution in [3.63, 3.8) is 0 Å². The van der Waals surface area contributed by atoms with Crippen molar-refractivity contribution in [2.45, 2.75) is 206 Å². The van der Waals surface area contributed by atoms with Gasteiger partial charge in [-0.1, -0.05) is 147 Å². The molecule has 12 heteroatoms. The van der Waals surface area contributed by atoms with Gasteiger partial charge in [-0.25, -0.2) is 4.57 Å². The summed E-state index contributed by atoms with van der Waals surface area (Å²) in [7, 11) is -4.72. The predicted molar refractivity (Wildman–Crippen MR) is 226 cm³/mol. The Bertz CT molecular complexity index is 1100. The monoisotopic (exact) mass is 814 g/mol. The summed E-state index contributed by atoms with van der Waals surface area (Å²) < 4.78 is 32.7. The number of rotatable bonds is 41. The molecule has 0 saturated carbocycles. The second kappa shape index (κ2) is 39.5. The zero-order valence-corrected chi connectivity index (χ0v) is 36.1. The molecular weight excluding hydrogens is 733 g/mol. The number of carboxylic acids is 1. The van der Waals surface area contributed by atoms with Gasteiger partial charge in [0.1, 0.15) is 12.6 Å². The third-order valence-corrected chi connectivity index (χ3v) is 10.3. The Morgan fingerprint density at radius 1 is 0.554 bits per heavy atom. The Morgan fingerprint density at radius 2 is 0.946 bits per heavy atom. The van der Waals surface area contributed by atoms with Crippen molar-refractivity contribution in [1.29, 1.82) is 0 Å². The van der Waals surface area contributed by atoms with E-state index in [4.69, 9.17) is 24.8 Å². The maximum atomic E-state index is 12.6. The highest BCUT2D eigenvalue weighted by Gasteiger charge is 2.28. The fourth-order valence-electron chi connectivity index (χ4n) is 5.85. The Kier molecular flexibility index (Phi) is 37.9. The van der Waals surface area contributed by atoms with Gasteiger partial charge in [-0.3, -0.25) is 23.4 Å². The van der Waals surface area contributed by atoms with E-state index in [-0.39, 0.29) is 19.4 Å². The lowest BCUT2D eigenvalue weighted by atomic mass is 10.1. The van der Waals surface area contributed by atoms with Gasteiger partial charge in [-0.15, -0.1) is 0 Å². The fraction of sp³-hybridized carbons (Fsp3) is 0.795. The Balaban J connectivity index is 4.37. The van der Waals surface area contributed by atoms with Gasteiger partial charge in [-0.2, -0.15) is 0 Å². The predicted octanol–water partition coefficient (Wildman–Crippen LogP) is 11.6. The largest absolute Gasteiger partial charge is 0.480 e. The maximum absolute atomic E-state index is 12.6. The van der Waals surface area contributed by atoms with Gasteiger partial charge >= 0.3 is 25.7 Å². The van der Waals surface area contributed by atoms with Gasteiger partial charge in [0.15, 0.2) is 6.10 Å². The number of phosphoric ester groups is 1. The molecule has 0 aliphatic carbocycles. The van der Waals surface area contributed by atoms with Crippen LogP contribution in [0.4, 0.5) is 0 Å². The molecule has 0 amide bonds. The summed E-state index contributed by atoms with van der Waals surface area (Å²) >= 11 is 0. The number of hydrogen-bond donors (Lipinski definition) is 3. The number of nitrogens with two attached hydrogens (primary N) is 1. The third-order valence-electron chi connectivity index (χ3n) is 9.36. The molecule has 0 aromatic heterocycles. The smallest absolute Gasteiger partial charge is 0.472 e. The van der Waals surface area contributed by atoms with Crippen LogP contribution < -0.4 is 5.73 Å².